The van der Waals surface area contributed by atoms with E-state index in [2.05, 4.69) is 67.5 Å². The number of aryl methyl sites for hydroxylation is 1. The fraction of sp³-hybridized carbons (Fsp3) is 0.333. The Morgan fingerprint density at radius 3 is 2.70 bits per heavy atom. The lowest BCUT2D eigenvalue weighted by Crippen LogP contribution is -2.27. The Kier molecular flexibility index (Phi) is 7.06. The number of thioether (sulfide) groups is 1. The maximum atomic E-state index is 13.0. The Labute approximate surface area is 226 Å². The van der Waals surface area contributed by atoms with Crippen LogP contribution in [0.4, 0.5) is 5.13 Å². The zero-order valence-corrected chi connectivity index (χ0v) is 23.2. The van der Waals surface area contributed by atoms with E-state index in [0.29, 0.717) is 21.6 Å². The highest BCUT2D eigenvalue weighted by Crippen LogP contribution is 2.38. The van der Waals surface area contributed by atoms with Crippen molar-refractivity contribution in [2.24, 2.45) is 11.3 Å². The third kappa shape index (κ3) is 5.56. The molecule has 0 bridgehead atoms. The summed E-state index contributed by atoms with van der Waals surface area (Å²) in [7, 11) is 0. The van der Waals surface area contributed by atoms with Crippen molar-refractivity contribution < 1.29 is 4.79 Å². The standard InChI is InChI=1S/C30H30N4OS2/c1-18(37-28-23(16-31)14-22-15-24(30(2,3)4)11-12-25(22)32-28)27(35)34-29-33-26(17-36-29)21-10-9-19-7-5-6-8-20(19)13-21/h5-10,13-14,17-18,24H,11-12,15H2,1-4H3,(H,33,34,35). The first-order chi connectivity index (χ1) is 17.7. The van der Waals surface area contributed by atoms with Gasteiger partial charge in [0.15, 0.2) is 5.13 Å². The van der Waals surface area contributed by atoms with Gasteiger partial charge in [-0.2, -0.15) is 5.26 Å². The number of hydrogen-bond acceptors (Lipinski definition) is 6. The van der Waals surface area contributed by atoms with Gasteiger partial charge >= 0.3 is 0 Å². The van der Waals surface area contributed by atoms with Crippen LogP contribution in [0.3, 0.4) is 0 Å². The SMILES string of the molecule is CC(Sc1nc2c(cc1C#N)CC(C(C)(C)C)CC2)C(=O)Nc1nc(-c2ccc3ccccc3c2)cs1. The van der Waals surface area contributed by atoms with Gasteiger partial charge in [0.25, 0.3) is 0 Å². The average molecular weight is 527 g/mol. The fourth-order valence-electron chi connectivity index (χ4n) is 4.80. The zero-order valence-electron chi connectivity index (χ0n) is 21.5. The molecular weight excluding hydrogens is 496 g/mol. The van der Waals surface area contributed by atoms with E-state index in [1.165, 1.54) is 34.0 Å². The number of aromatic nitrogens is 2. The molecule has 2 aromatic heterocycles. The van der Waals surface area contributed by atoms with Crippen LogP contribution in [-0.2, 0) is 17.6 Å². The molecule has 2 unspecified atom stereocenters. The van der Waals surface area contributed by atoms with Crippen molar-refractivity contribution in [2.75, 3.05) is 5.32 Å². The highest BCUT2D eigenvalue weighted by molar-refractivity contribution is 8.00. The molecule has 5 nitrogen and oxygen atoms in total. The molecule has 2 atom stereocenters. The summed E-state index contributed by atoms with van der Waals surface area (Å²) in [5, 5.41) is 17.8. The van der Waals surface area contributed by atoms with Crippen LogP contribution in [0.15, 0.2) is 58.9 Å². The molecule has 0 aliphatic heterocycles. The molecule has 7 heteroatoms. The van der Waals surface area contributed by atoms with E-state index in [4.69, 9.17) is 4.98 Å². The molecular formula is C30H30N4OS2. The maximum absolute atomic E-state index is 13.0. The van der Waals surface area contributed by atoms with Crippen LogP contribution in [0.2, 0.25) is 0 Å². The number of nitriles is 1. The number of rotatable bonds is 5. The number of nitrogens with zero attached hydrogens (tertiary/aromatic N) is 3. The highest BCUT2D eigenvalue weighted by atomic mass is 32.2. The van der Waals surface area contributed by atoms with Crippen LogP contribution < -0.4 is 5.32 Å². The summed E-state index contributed by atoms with van der Waals surface area (Å²) in [6.45, 7) is 8.67. The number of anilines is 1. The minimum atomic E-state index is -0.420. The predicted octanol–water partition coefficient (Wildman–Crippen LogP) is 7.50. The number of benzene rings is 2. The molecule has 0 fully saturated rings. The van der Waals surface area contributed by atoms with Gasteiger partial charge in [-0.05, 0) is 66.0 Å². The lowest BCUT2D eigenvalue weighted by atomic mass is 9.71. The van der Waals surface area contributed by atoms with Crippen molar-refractivity contribution in [3.8, 4) is 17.3 Å². The van der Waals surface area contributed by atoms with E-state index in [9.17, 15) is 10.1 Å². The molecule has 0 spiro atoms. The monoisotopic (exact) mass is 526 g/mol. The molecule has 0 saturated heterocycles. The van der Waals surface area contributed by atoms with Crippen LogP contribution in [-0.4, -0.2) is 21.1 Å². The molecule has 188 valence electrons. The van der Waals surface area contributed by atoms with Crippen molar-refractivity contribution in [1.82, 2.24) is 9.97 Å². The summed E-state index contributed by atoms with van der Waals surface area (Å²) in [6, 6.07) is 18.8. The minimum Gasteiger partial charge on any atom is -0.301 e. The predicted molar refractivity (Wildman–Crippen MR) is 153 cm³/mol. The number of fused-ring (bicyclic) bond motifs is 2. The Bertz CT molecular complexity index is 1510. The normalized spacial score (nSPS) is 16.1. The van der Waals surface area contributed by atoms with Gasteiger partial charge in [0.2, 0.25) is 5.91 Å². The molecule has 1 N–H and O–H groups in total. The summed E-state index contributed by atoms with van der Waals surface area (Å²) < 4.78 is 0. The zero-order chi connectivity index (χ0) is 26.2. The molecule has 1 aliphatic carbocycles. The van der Waals surface area contributed by atoms with Gasteiger partial charge in [0.1, 0.15) is 11.1 Å². The van der Waals surface area contributed by atoms with Gasteiger partial charge < -0.3 is 5.32 Å². The second-order valence-corrected chi connectivity index (χ2v) is 12.9. The number of carbonyl (C=O) groups is 1. The third-order valence-corrected chi connectivity index (χ3v) is 8.99. The van der Waals surface area contributed by atoms with Gasteiger partial charge in [0, 0.05) is 16.6 Å². The van der Waals surface area contributed by atoms with Crippen molar-refractivity contribution in [2.45, 2.75) is 57.2 Å². The van der Waals surface area contributed by atoms with Crippen LogP contribution in [0, 0.1) is 22.7 Å². The number of pyridine rings is 1. The van der Waals surface area contributed by atoms with Gasteiger partial charge in [-0.3, -0.25) is 4.79 Å². The number of thiazole rings is 1. The molecule has 5 rings (SSSR count). The molecule has 0 radical (unpaired) electrons. The lowest BCUT2D eigenvalue weighted by Gasteiger charge is -2.34. The van der Waals surface area contributed by atoms with Gasteiger partial charge in [-0.1, -0.05) is 68.9 Å². The molecule has 4 aromatic rings. The maximum Gasteiger partial charge on any atom is 0.239 e. The summed E-state index contributed by atoms with van der Waals surface area (Å²) in [5.41, 5.74) is 4.87. The van der Waals surface area contributed by atoms with Crippen molar-refractivity contribution >= 4 is 44.9 Å². The van der Waals surface area contributed by atoms with Gasteiger partial charge in [-0.15, -0.1) is 11.3 Å². The Hall–Kier alpha value is -3.21. The van der Waals surface area contributed by atoms with E-state index >= 15 is 0 Å². The Morgan fingerprint density at radius 2 is 1.95 bits per heavy atom. The van der Waals surface area contributed by atoms with E-state index in [1.54, 1.807) is 0 Å². The molecule has 2 aromatic carbocycles. The first kappa shape index (κ1) is 25.4. The Balaban J connectivity index is 1.27. The Morgan fingerprint density at radius 1 is 1.16 bits per heavy atom. The molecule has 0 saturated carbocycles. The topological polar surface area (TPSA) is 78.7 Å². The lowest BCUT2D eigenvalue weighted by molar-refractivity contribution is -0.115. The third-order valence-electron chi connectivity index (χ3n) is 7.13. The quantitative estimate of drug-likeness (QED) is 0.272. The molecule has 1 amide bonds. The van der Waals surface area contributed by atoms with Crippen LogP contribution in [0.1, 0.15) is 50.9 Å². The smallest absolute Gasteiger partial charge is 0.239 e. The van der Waals surface area contributed by atoms with E-state index < -0.39 is 5.25 Å². The van der Waals surface area contributed by atoms with Crippen LogP contribution in [0.5, 0.6) is 0 Å². The van der Waals surface area contributed by atoms with Crippen molar-refractivity contribution in [3.05, 3.63) is 70.7 Å². The summed E-state index contributed by atoms with van der Waals surface area (Å²) in [4.78, 5) is 22.5. The van der Waals surface area contributed by atoms with Crippen molar-refractivity contribution in [3.63, 3.8) is 0 Å². The molecule has 2 heterocycles. The number of amides is 1. The highest BCUT2D eigenvalue weighted by Gasteiger charge is 2.30. The number of hydrogen-bond donors (Lipinski definition) is 1. The van der Waals surface area contributed by atoms with E-state index in [-0.39, 0.29) is 11.3 Å². The number of carbonyl (C=O) groups excluding carboxylic acids is 1. The average Bonchev–Trinajstić information content (AvgIpc) is 3.35. The summed E-state index contributed by atoms with van der Waals surface area (Å²) in [6.07, 6.45) is 2.96. The minimum absolute atomic E-state index is 0.152. The fourth-order valence-corrected chi connectivity index (χ4v) is 6.41. The van der Waals surface area contributed by atoms with E-state index in [0.717, 1.165) is 41.6 Å². The largest absolute Gasteiger partial charge is 0.301 e. The second kappa shape index (κ2) is 10.3. The molecule has 1 aliphatic rings. The van der Waals surface area contributed by atoms with Crippen molar-refractivity contribution in [1.29, 1.82) is 5.26 Å². The first-order valence-electron chi connectivity index (χ1n) is 12.6. The van der Waals surface area contributed by atoms with Gasteiger partial charge in [0.05, 0.1) is 16.5 Å². The van der Waals surface area contributed by atoms with Crippen LogP contribution in [0.25, 0.3) is 22.0 Å². The first-order valence-corrected chi connectivity index (χ1v) is 14.3. The summed E-state index contributed by atoms with van der Waals surface area (Å²) >= 11 is 2.75. The summed E-state index contributed by atoms with van der Waals surface area (Å²) in [5.74, 6) is 0.426. The van der Waals surface area contributed by atoms with Gasteiger partial charge in [-0.25, -0.2) is 9.97 Å². The number of nitrogens with one attached hydrogen (secondary N) is 1. The van der Waals surface area contributed by atoms with Crippen LogP contribution >= 0.6 is 23.1 Å². The molecule has 37 heavy (non-hydrogen) atoms. The van der Waals surface area contributed by atoms with E-state index in [1.807, 2.05) is 30.5 Å². The second-order valence-electron chi connectivity index (χ2n) is 10.7.